The summed E-state index contributed by atoms with van der Waals surface area (Å²) in [5, 5.41) is 0.722. The number of benzene rings is 1. The van der Waals surface area contributed by atoms with E-state index in [9.17, 15) is 0 Å². The highest BCUT2D eigenvalue weighted by Gasteiger charge is 2.20. The molecule has 1 heterocycles. The molecule has 1 aromatic carbocycles. The van der Waals surface area contributed by atoms with Gasteiger partial charge >= 0.3 is 0 Å². The molecule has 2 aromatic rings. The Morgan fingerprint density at radius 1 is 1.20 bits per heavy atom. The molecule has 0 amide bonds. The molecule has 20 heavy (non-hydrogen) atoms. The summed E-state index contributed by atoms with van der Waals surface area (Å²) in [6.45, 7) is 2.54. The number of aromatic nitrogens is 1. The Morgan fingerprint density at radius 3 is 2.55 bits per heavy atom. The maximum Gasteiger partial charge on any atom is 0.115 e. The monoisotopic (exact) mass is 290 g/mol. The summed E-state index contributed by atoms with van der Waals surface area (Å²) in [4.78, 5) is 4.35. The van der Waals surface area contributed by atoms with Crippen molar-refractivity contribution in [3.05, 3.63) is 64.9 Å². The number of nitrogens with two attached hydrogens (primary N) is 1. The van der Waals surface area contributed by atoms with Crippen molar-refractivity contribution < 1.29 is 4.74 Å². The summed E-state index contributed by atoms with van der Waals surface area (Å²) in [5.41, 5.74) is 8.09. The quantitative estimate of drug-likeness (QED) is 0.882. The Kier molecular flexibility index (Phi) is 5.53. The summed E-state index contributed by atoms with van der Waals surface area (Å²) in [6, 6.07) is 13.3. The zero-order valence-electron chi connectivity index (χ0n) is 11.5. The summed E-state index contributed by atoms with van der Waals surface area (Å²) >= 11 is 5.87. The van der Waals surface area contributed by atoms with Crippen molar-refractivity contribution in [2.24, 2.45) is 5.73 Å². The van der Waals surface area contributed by atoms with E-state index < -0.39 is 0 Å². The molecular formula is C16H19ClN2O. The van der Waals surface area contributed by atoms with E-state index in [2.05, 4.69) is 4.98 Å². The second kappa shape index (κ2) is 7.39. The molecule has 0 radical (unpaired) electrons. The van der Waals surface area contributed by atoms with Crippen molar-refractivity contribution >= 4 is 11.6 Å². The molecule has 0 bridgehead atoms. The van der Waals surface area contributed by atoms with Crippen LogP contribution in [-0.4, -0.2) is 11.0 Å². The summed E-state index contributed by atoms with van der Waals surface area (Å²) in [6.07, 6.45) is 2.40. The third-order valence-corrected chi connectivity index (χ3v) is 3.43. The molecule has 2 atom stereocenters. The molecule has 0 aliphatic carbocycles. The van der Waals surface area contributed by atoms with Crippen molar-refractivity contribution in [1.82, 2.24) is 4.98 Å². The minimum absolute atomic E-state index is 0.0720. The minimum atomic E-state index is -0.197. The standard InChI is InChI=1S/C16H19ClN2O/c1-2-14(18)16(15-5-3-4-10-19-15)20-11-12-6-8-13(17)9-7-12/h3-10,14,16H,2,11,18H2,1H3. The maximum atomic E-state index is 6.15. The minimum Gasteiger partial charge on any atom is -0.366 e. The van der Waals surface area contributed by atoms with Gasteiger partial charge in [0.25, 0.3) is 0 Å². The number of rotatable bonds is 6. The van der Waals surface area contributed by atoms with Gasteiger partial charge in [0.05, 0.1) is 12.3 Å². The molecule has 2 N–H and O–H groups in total. The van der Waals surface area contributed by atoms with Crippen LogP contribution in [0.5, 0.6) is 0 Å². The molecule has 106 valence electrons. The van der Waals surface area contributed by atoms with Crippen LogP contribution in [0.15, 0.2) is 48.7 Å². The summed E-state index contributed by atoms with van der Waals surface area (Å²) in [5.74, 6) is 0. The highest BCUT2D eigenvalue weighted by Crippen LogP contribution is 2.22. The fraction of sp³-hybridized carbons (Fsp3) is 0.312. The fourth-order valence-corrected chi connectivity index (χ4v) is 2.08. The van der Waals surface area contributed by atoms with E-state index in [1.165, 1.54) is 0 Å². The van der Waals surface area contributed by atoms with E-state index in [1.54, 1.807) is 6.20 Å². The smallest absolute Gasteiger partial charge is 0.115 e. The molecule has 2 unspecified atom stereocenters. The molecule has 0 saturated carbocycles. The van der Waals surface area contributed by atoms with Crippen molar-refractivity contribution in [2.45, 2.75) is 32.1 Å². The van der Waals surface area contributed by atoms with Crippen LogP contribution in [-0.2, 0) is 11.3 Å². The Bertz CT molecular complexity index is 516. The molecule has 4 heteroatoms. The van der Waals surface area contributed by atoms with Gasteiger partial charge in [0.2, 0.25) is 0 Å². The number of ether oxygens (including phenoxy) is 1. The van der Waals surface area contributed by atoms with Gasteiger partial charge in [0.1, 0.15) is 6.10 Å². The van der Waals surface area contributed by atoms with Gasteiger partial charge in [-0.15, -0.1) is 0 Å². The van der Waals surface area contributed by atoms with Gasteiger partial charge in [-0.25, -0.2) is 0 Å². The van der Waals surface area contributed by atoms with Crippen LogP contribution in [0.1, 0.15) is 30.7 Å². The van der Waals surface area contributed by atoms with E-state index in [4.69, 9.17) is 22.1 Å². The first-order chi connectivity index (χ1) is 9.70. The number of nitrogens with zero attached hydrogens (tertiary/aromatic N) is 1. The van der Waals surface area contributed by atoms with Crippen molar-refractivity contribution in [1.29, 1.82) is 0 Å². The van der Waals surface area contributed by atoms with Crippen molar-refractivity contribution in [2.75, 3.05) is 0 Å². The van der Waals surface area contributed by atoms with E-state index in [1.807, 2.05) is 49.4 Å². The third-order valence-electron chi connectivity index (χ3n) is 3.18. The van der Waals surface area contributed by atoms with E-state index in [0.717, 1.165) is 22.7 Å². The summed E-state index contributed by atoms with van der Waals surface area (Å²) < 4.78 is 5.98. The Labute approximate surface area is 124 Å². The molecule has 0 saturated heterocycles. The number of hydrogen-bond acceptors (Lipinski definition) is 3. The van der Waals surface area contributed by atoms with Crippen LogP contribution in [0.4, 0.5) is 0 Å². The van der Waals surface area contributed by atoms with Gasteiger partial charge in [-0.05, 0) is 36.2 Å². The van der Waals surface area contributed by atoms with Crippen molar-refractivity contribution in [3.8, 4) is 0 Å². The third kappa shape index (κ3) is 4.04. The lowest BCUT2D eigenvalue weighted by Crippen LogP contribution is -2.30. The van der Waals surface area contributed by atoms with E-state index in [-0.39, 0.29) is 12.1 Å². The van der Waals surface area contributed by atoms with Gasteiger partial charge in [-0.2, -0.15) is 0 Å². The van der Waals surface area contributed by atoms with E-state index in [0.29, 0.717) is 6.61 Å². The largest absolute Gasteiger partial charge is 0.366 e. The second-order valence-electron chi connectivity index (χ2n) is 4.68. The average molecular weight is 291 g/mol. The SMILES string of the molecule is CCC(N)C(OCc1ccc(Cl)cc1)c1ccccn1. The van der Waals surface area contributed by atoms with Gasteiger partial charge in [-0.3, -0.25) is 4.98 Å². The van der Waals surface area contributed by atoms with Crippen LogP contribution < -0.4 is 5.73 Å². The lowest BCUT2D eigenvalue weighted by atomic mass is 10.1. The molecule has 0 aliphatic heterocycles. The van der Waals surface area contributed by atoms with Crippen LogP contribution in [0, 0.1) is 0 Å². The number of pyridine rings is 1. The van der Waals surface area contributed by atoms with Gasteiger partial charge in [0, 0.05) is 17.3 Å². The first kappa shape index (κ1) is 15.0. The number of hydrogen-bond donors (Lipinski definition) is 1. The molecule has 0 fully saturated rings. The zero-order chi connectivity index (χ0) is 14.4. The van der Waals surface area contributed by atoms with Gasteiger partial charge < -0.3 is 10.5 Å². The van der Waals surface area contributed by atoms with Gasteiger partial charge in [-0.1, -0.05) is 36.7 Å². The average Bonchev–Trinajstić information content (AvgIpc) is 2.50. The molecule has 1 aromatic heterocycles. The predicted molar refractivity (Wildman–Crippen MR) is 81.5 cm³/mol. The van der Waals surface area contributed by atoms with Crippen molar-refractivity contribution in [3.63, 3.8) is 0 Å². The Balaban J connectivity index is 2.07. The van der Waals surface area contributed by atoms with Gasteiger partial charge in [0.15, 0.2) is 0 Å². The highest BCUT2D eigenvalue weighted by molar-refractivity contribution is 6.30. The summed E-state index contributed by atoms with van der Waals surface area (Å²) in [7, 11) is 0. The second-order valence-corrected chi connectivity index (χ2v) is 5.12. The van der Waals surface area contributed by atoms with E-state index >= 15 is 0 Å². The number of halogens is 1. The van der Waals surface area contributed by atoms with Crippen LogP contribution in [0.3, 0.4) is 0 Å². The van der Waals surface area contributed by atoms with Crippen LogP contribution >= 0.6 is 11.6 Å². The molecule has 3 nitrogen and oxygen atoms in total. The maximum absolute atomic E-state index is 6.15. The molecular weight excluding hydrogens is 272 g/mol. The first-order valence-electron chi connectivity index (χ1n) is 6.73. The molecule has 0 spiro atoms. The lowest BCUT2D eigenvalue weighted by Gasteiger charge is -2.23. The van der Waals surface area contributed by atoms with Crippen LogP contribution in [0.2, 0.25) is 5.02 Å². The highest BCUT2D eigenvalue weighted by atomic mass is 35.5. The Morgan fingerprint density at radius 2 is 1.95 bits per heavy atom. The predicted octanol–water partition coefficient (Wildman–Crippen LogP) is 3.73. The zero-order valence-corrected chi connectivity index (χ0v) is 12.3. The van der Waals surface area contributed by atoms with Crippen LogP contribution in [0.25, 0.3) is 0 Å². The molecule has 0 aliphatic rings. The lowest BCUT2D eigenvalue weighted by molar-refractivity contribution is 0.0185. The topological polar surface area (TPSA) is 48.1 Å². The Hall–Kier alpha value is -1.42. The first-order valence-corrected chi connectivity index (χ1v) is 7.11. The normalized spacial score (nSPS) is 13.9. The molecule has 2 rings (SSSR count). The fourth-order valence-electron chi connectivity index (χ4n) is 1.95.